The Hall–Kier alpha value is -3.93. The highest BCUT2D eigenvalue weighted by Gasteiger charge is 2.51. The summed E-state index contributed by atoms with van der Waals surface area (Å²) in [5.74, 6) is -2.88. The maximum Gasteiger partial charge on any atom is 0.325 e. The molecular formula is C29H42N4O12S. The summed E-state index contributed by atoms with van der Waals surface area (Å²) in [5.41, 5.74) is 0.748. The Kier molecular flexibility index (Phi) is 16.3. The summed E-state index contributed by atoms with van der Waals surface area (Å²) in [7, 11) is 1.53. The summed E-state index contributed by atoms with van der Waals surface area (Å²) >= 11 is 3.60. The van der Waals surface area contributed by atoms with Gasteiger partial charge in [-0.25, -0.2) is 0 Å². The molecule has 16 nitrogen and oxygen atoms in total. The van der Waals surface area contributed by atoms with Crippen molar-refractivity contribution in [2.45, 2.75) is 90.1 Å². The Morgan fingerprint density at radius 3 is 2.13 bits per heavy atom. The van der Waals surface area contributed by atoms with Crippen LogP contribution in [-0.2, 0) is 59.0 Å². The smallest absolute Gasteiger partial charge is 0.325 e. The summed E-state index contributed by atoms with van der Waals surface area (Å²) in [6.07, 6.45) is -3.91. The lowest BCUT2D eigenvalue weighted by Crippen LogP contribution is -2.67. The van der Waals surface area contributed by atoms with E-state index in [4.69, 9.17) is 23.7 Å². The van der Waals surface area contributed by atoms with Crippen LogP contribution in [0.4, 0.5) is 0 Å². The van der Waals surface area contributed by atoms with Gasteiger partial charge >= 0.3 is 17.9 Å². The highest BCUT2D eigenvalue weighted by atomic mass is 32.1. The van der Waals surface area contributed by atoms with Gasteiger partial charge < -0.3 is 44.5 Å². The summed E-state index contributed by atoms with van der Waals surface area (Å²) in [5, 5.41) is 7.97. The first-order valence-corrected chi connectivity index (χ1v) is 14.9. The lowest BCUT2D eigenvalue weighted by molar-refractivity contribution is -0.270. The maximum absolute atomic E-state index is 13.3. The van der Waals surface area contributed by atoms with E-state index in [1.165, 1.54) is 21.0 Å². The molecule has 0 radical (unpaired) electrons. The van der Waals surface area contributed by atoms with Crippen LogP contribution in [0.2, 0.25) is 0 Å². The predicted octanol–water partition coefficient (Wildman–Crippen LogP) is 0.0311. The molecule has 1 aromatic rings. The number of hydrogen-bond acceptors (Lipinski definition) is 14. The maximum atomic E-state index is 13.3. The Morgan fingerprint density at radius 2 is 1.57 bits per heavy atom. The molecule has 2 rings (SSSR count). The highest BCUT2D eigenvalue weighted by molar-refractivity contribution is 7.77. The van der Waals surface area contributed by atoms with Crippen LogP contribution < -0.4 is 25.6 Å². The van der Waals surface area contributed by atoms with E-state index in [2.05, 4.69) is 33.6 Å². The van der Waals surface area contributed by atoms with Gasteiger partial charge in [-0.3, -0.25) is 28.8 Å². The number of carbonyl (C=O) groups is 6. The molecule has 0 aromatic heterocycles. The monoisotopic (exact) mass is 670 g/mol. The molecule has 0 saturated carbocycles. The second kappa shape index (κ2) is 19.6. The molecule has 1 saturated heterocycles. The van der Waals surface area contributed by atoms with Crippen LogP contribution in [-0.4, -0.2) is 92.6 Å². The molecule has 1 aliphatic heterocycles. The predicted molar refractivity (Wildman–Crippen MR) is 163 cm³/mol. The number of thiol groups is 1. The molecule has 4 unspecified atom stereocenters. The fraction of sp³-hybridized carbons (Fsp3) is 0.586. The normalized spacial score (nSPS) is 21.2. The first-order chi connectivity index (χ1) is 21.8. The molecule has 17 heteroatoms. The zero-order valence-corrected chi connectivity index (χ0v) is 27.3. The molecule has 0 bridgehead atoms. The van der Waals surface area contributed by atoms with E-state index in [-0.39, 0.29) is 26.0 Å². The summed E-state index contributed by atoms with van der Waals surface area (Å²) in [6.45, 7) is 4.60. The fourth-order valence-electron chi connectivity index (χ4n) is 4.71. The van der Waals surface area contributed by atoms with E-state index in [9.17, 15) is 28.8 Å². The number of esters is 2. The minimum absolute atomic E-state index is 0.0545. The Balaban J connectivity index is 2.27. The Morgan fingerprint density at radius 1 is 0.913 bits per heavy atom. The third kappa shape index (κ3) is 13.2. The minimum atomic E-state index is -1.28. The molecule has 6 atom stereocenters. The van der Waals surface area contributed by atoms with Crippen molar-refractivity contribution in [1.29, 1.82) is 0 Å². The van der Waals surface area contributed by atoms with Crippen LogP contribution in [0.1, 0.15) is 52.5 Å². The number of hydrogen-bond donors (Lipinski definition) is 5. The molecule has 1 aromatic carbocycles. The fourth-order valence-corrected chi connectivity index (χ4v) is 4.81. The number of carbonyl (C=O) groups excluding carboxylic acids is 6. The minimum Gasteiger partial charge on any atom is -0.497 e. The van der Waals surface area contributed by atoms with E-state index in [1.807, 2.05) is 4.89 Å². The van der Waals surface area contributed by atoms with Crippen molar-refractivity contribution in [3.63, 3.8) is 0 Å². The SMILES string of the molecule is COc1ccc(CC(NC(C)=O)C(=O)NCC2O[C@@H](OCCCCC(=O)ONS)C(NC(C)=O)C(OC(C)=O)[C@H]2OC(C)=O)cc1. The van der Waals surface area contributed by atoms with E-state index in [1.54, 1.807) is 24.3 Å². The van der Waals surface area contributed by atoms with Gasteiger partial charge in [0.15, 0.2) is 18.5 Å². The van der Waals surface area contributed by atoms with Crippen molar-refractivity contribution in [3.8, 4) is 5.75 Å². The standard InChI is InChI=1S/C29H42N4O12S/c1-16(34)31-22(14-20-9-11-21(40-5)12-10-20)28(39)30-15-23-26(42-18(3)36)27(43-19(4)37)25(32-17(2)35)29(44-23)41-13-7-6-8-24(38)45-33-46/h9-12,22-23,25-27,29,33,46H,6-8,13-15H2,1-5H3,(H,30,39)(H,31,34)(H,32,35)/t22?,23?,25?,26-,27?,29+/m0/s1. The topological polar surface area (TPSA) is 206 Å². The van der Waals surface area contributed by atoms with Gasteiger partial charge in [-0.05, 0) is 30.5 Å². The average molecular weight is 671 g/mol. The van der Waals surface area contributed by atoms with Gasteiger partial charge in [-0.1, -0.05) is 29.8 Å². The van der Waals surface area contributed by atoms with Gasteiger partial charge in [0.1, 0.15) is 23.9 Å². The lowest BCUT2D eigenvalue weighted by Gasteiger charge is -2.45. The number of unbranched alkanes of at least 4 members (excludes halogenated alkanes) is 1. The van der Waals surface area contributed by atoms with Gasteiger partial charge in [0.25, 0.3) is 0 Å². The van der Waals surface area contributed by atoms with Crippen LogP contribution in [0.5, 0.6) is 5.75 Å². The zero-order valence-electron chi connectivity index (χ0n) is 26.4. The van der Waals surface area contributed by atoms with Gasteiger partial charge in [0, 0.05) is 53.7 Å². The van der Waals surface area contributed by atoms with Crippen molar-refractivity contribution in [1.82, 2.24) is 20.8 Å². The van der Waals surface area contributed by atoms with Gasteiger partial charge in [0.05, 0.1) is 7.11 Å². The number of methoxy groups -OCH3 is 1. The van der Waals surface area contributed by atoms with Crippen molar-refractivity contribution in [2.24, 2.45) is 0 Å². The van der Waals surface area contributed by atoms with E-state index >= 15 is 0 Å². The van der Waals surface area contributed by atoms with Gasteiger partial charge in [-0.15, -0.1) is 0 Å². The number of ether oxygens (including phenoxy) is 5. The number of rotatable bonds is 17. The summed E-state index contributed by atoms with van der Waals surface area (Å²) in [4.78, 5) is 79.8. The summed E-state index contributed by atoms with van der Waals surface area (Å²) < 4.78 is 28.2. The van der Waals surface area contributed by atoms with E-state index < -0.39 is 72.3 Å². The molecule has 1 aliphatic rings. The molecular weight excluding hydrogens is 628 g/mol. The third-order valence-corrected chi connectivity index (χ3v) is 6.70. The third-order valence-electron chi connectivity index (χ3n) is 6.61. The van der Waals surface area contributed by atoms with Crippen molar-refractivity contribution in [2.75, 3.05) is 20.3 Å². The number of benzene rings is 1. The Labute approximate surface area is 272 Å². The number of nitrogens with one attached hydrogen (secondary N) is 4. The molecule has 0 spiro atoms. The molecule has 4 N–H and O–H groups in total. The Bertz CT molecular complexity index is 1200. The lowest BCUT2D eigenvalue weighted by atomic mass is 9.95. The van der Waals surface area contributed by atoms with Crippen molar-refractivity contribution >= 4 is 48.4 Å². The molecule has 256 valence electrons. The molecule has 46 heavy (non-hydrogen) atoms. The van der Waals surface area contributed by atoms with Crippen LogP contribution in [0.25, 0.3) is 0 Å². The summed E-state index contributed by atoms with van der Waals surface area (Å²) in [6, 6.07) is 4.88. The largest absolute Gasteiger partial charge is 0.497 e. The first-order valence-electron chi connectivity index (χ1n) is 14.5. The quantitative estimate of drug-likeness (QED) is 0.0488. The zero-order chi connectivity index (χ0) is 34.2. The first kappa shape index (κ1) is 38.3. The molecule has 0 aliphatic carbocycles. The average Bonchev–Trinajstić information content (AvgIpc) is 2.98. The molecule has 1 heterocycles. The van der Waals surface area contributed by atoms with Crippen molar-refractivity contribution < 1.29 is 57.3 Å². The van der Waals surface area contributed by atoms with E-state index in [0.29, 0.717) is 18.6 Å². The van der Waals surface area contributed by atoms with Crippen LogP contribution >= 0.6 is 12.8 Å². The molecule has 3 amide bonds. The van der Waals surface area contributed by atoms with Crippen LogP contribution in [0, 0.1) is 0 Å². The van der Waals surface area contributed by atoms with Gasteiger partial charge in [0.2, 0.25) is 17.7 Å². The van der Waals surface area contributed by atoms with Gasteiger partial charge in [-0.2, -0.15) is 0 Å². The second-order valence-electron chi connectivity index (χ2n) is 10.4. The number of amides is 3. The van der Waals surface area contributed by atoms with Crippen molar-refractivity contribution in [3.05, 3.63) is 29.8 Å². The second-order valence-corrected chi connectivity index (χ2v) is 10.5. The molecule has 1 fully saturated rings. The van der Waals surface area contributed by atoms with E-state index in [0.717, 1.165) is 19.4 Å². The van der Waals surface area contributed by atoms with Crippen LogP contribution in [0.15, 0.2) is 24.3 Å². The highest BCUT2D eigenvalue weighted by Crippen LogP contribution is 2.28. The van der Waals surface area contributed by atoms with Crippen LogP contribution in [0.3, 0.4) is 0 Å².